The zero-order chi connectivity index (χ0) is 14.9. The third kappa shape index (κ3) is 2.75. The normalized spacial score (nSPS) is 17.6. The second-order valence-electron chi connectivity index (χ2n) is 4.68. The molecule has 1 amide bonds. The van der Waals surface area contributed by atoms with Crippen LogP contribution in [-0.4, -0.2) is 38.3 Å². The fourth-order valence-corrected chi connectivity index (χ4v) is 3.50. The molecule has 0 atom stereocenters. The summed E-state index contributed by atoms with van der Waals surface area (Å²) in [5, 5.41) is 2.57. The number of carbonyl (C=O) groups is 1. The highest BCUT2D eigenvalue weighted by atomic mass is 32.2. The average Bonchev–Trinajstić information content (AvgIpc) is 2.58. The monoisotopic (exact) mass is 301 g/mol. The van der Waals surface area contributed by atoms with Gasteiger partial charge in [0.25, 0.3) is 0 Å². The summed E-state index contributed by atoms with van der Waals surface area (Å²) >= 11 is 0. The number of aryl methyl sites for hydroxylation is 1. The number of carbonyl (C=O) groups excluding carboxylic acids is 1. The summed E-state index contributed by atoms with van der Waals surface area (Å²) in [6.07, 6.45) is 0.480. The molecule has 110 valence electrons. The molecule has 0 unspecified atom stereocenters. The third-order valence-corrected chi connectivity index (χ3v) is 5.02. The van der Waals surface area contributed by atoms with Gasteiger partial charge in [0.1, 0.15) is 10.7 Å². The van der Waals surface area contributed by atoms with Crippen LogP contribution in [0.5, 0.6) is 0 Å². The van der Waals surface area contributed by atoms with Gasteiger partial charge in [-0.05, 0) is 31.0 Å². The van der Waals surface area contributed by atoms with E-state index in [2.05, 4.69) is 5.32 Å². The molecule has 1 fully saturated rings. The Bertz CT molecular complexity index is 646. The Kier molecular flexibility index (Phi) is 3.96. The SMILES string of the molecule is Cc1cc(F)c(S(=O)(=O)N2CCCNC(=O)C2)cc1N. The Morgan fingerprint density at radius 2 is 2.10 bits per heavy atom. The van der Waals surface area contributed by atoms with E-state index < -0.39 is 26.6 Å². The number of sulfonamides is 1. The lowest BCUT2D eigenvalue weighted by atomic mass is 10.2. The largest absolute Gasteiger partial charge is 0.398 e. The molecule has 1 aliphatic rings. The number of amides is 1. The quantitative estimate of drug-likeness (QED) is 0.765. The molecule has 0 aromatic heterocycles. The number of nitrogens with zero attached hydrogens (tertiary/aromatic N) is 1. The highest BCUT2D eigenvalue weighted by Gasteiger charge is 2.30. The standard InChI is InChI=1S/C12H16FN3O3S/c1-8-5-9(13)11(6-10(8)14)20(18,19)16-4-2-3-15-12(17)7-16/h5-6H,2-4,7,14H2,1H3,(H,15,17). The van der Waals surface area contributed by atoms with Gasteiger partial charge >= 0.3 is 0 Å². The summed E-state index contributed by atoms with van der Waals surface area (Å²) < 4.78 is 39.7. The lowest BCUT2D eigenvalue weighted by Gasteiger charge is -2.19. The van der Waals surface area contributed by atoms with Crippen LogP contribution in [0.3, 0.4) is 0 Å². The van der Waals surface area contributed by atoms with Crippen molar-refractivity contribution in [2.45, 2.75) is 18.2 Å². The van der Waals surface area contributed by atoms with Gasteiger partial charge in [-0.1, -0.05) is 0 Å². The van der Waals surface area contributed by atoms with Crippen LogP contribution in [0.1, 0.15) is 12.0 Å². The van der Waals surface area contributed by atoms with Crippen molar-refractivity contribution in [3.05, 3.63) is 23.5 Å². The van der Waals surface area contributed by atoms with Crippen molar-refractivity contribution < 1.29 is 17.6 Å². The highest BCUT2D eigenvalue weighted by Crippen LogP contribution is 2.24. The molecule has 0 radical (unpaired) electrons. The molecule has 0 spiro atoms. The first-order valence-electron chi connectivity index (χ1n) is 6.15. The van der Waals surface area contributed by atoms with Gasteiger partial charge in [0.2, 0.25) is 15.9 Å². The van der Waals surface area contributed by atoms with Crippen LogP contribution in [0, 0.1) is 12.7 Å². The lowest BCUT2D eigenvalue weighted by Crippen LogP contribution is -2.37. The van der Waals surface area contributed by atoms with Gasteiger partial charge in [0.15, 0.2) is 0 Å². The molecule has 2 rings (SSSR count). The van der Waals surface area contributed by atoms with Crippen molar-refractivity contribution in [1.82, 2.24) is 9.62 Å². The first-order valence-corrected chi connectivity index (χ1v) is 7.59. The molecule has 1 saturated heterocycles. The molecule has 1 aromatic carbocycles. The molecule has 1 heterocycles. The second-order valence-corrected chi connectivity index (χ2v) is 6.59. The molecule has 8 heteroatoms. The second kappa shape index (κ2) is 5.37. The molecule has 0 bridgehead atoms. The molecule has 0 aliphatic carbocycles. The van der Waals surface area contributed by atoms with Crippen molar-refractivity contribution >= 4 is 21.6 Å². The molecule has 3 N–H and O–H groups in total. The lowest BCUT2D eigenvalue weighted by molar-refractivity contribution is -0.120. The molecule has 0 saturated carbocycles. The van der Waals surface area contributed by atoms with Crippen LogP contribution in [0.4, 0.5) is 10.1 Å². The van der Waals surface area contributed by atoms with E-state index >= 15 is 0 Å². The maximum absolute atomic E-state index is 13.9. The fourth-order valence-electron chi connectivity index (χ4n) is 1.99. The highest BCUT2D eigenvalue weighted by molar-refractivity contribution is 7.89. The van der Waals surface area contributed by atoms with E-state index in [0.717, 1.165) is 16.4 Å². The first-order chi connectivity index (χ1) is 9.32. The van der Waals surface area contributed by atoms with E-state index in [9.17, 15) is 17.6 Å². The summed E-state index contributed by atoms with van der Waals surface area (Å²) in [5.41, 5.74) is 6.31. The maximum atomic E-state index is 13.9. The first kappa shape index (κ1) is 14.7. The van der Waals surface area contributed by atoms with E-state index in [1.54, 1.807) is 6.92 Å². The molecule has 1 aromatic rings. The van der Waals surface area contributed by atoms with Crippen LogP contribution in [0.15, 0.2) is 17.0 Å². The van der Waals surface area contributed by atoms with Crippen LogP contribution < -0.4 is 11.1 Å². The summed E-state index contributed by atoms with van der Waals surface area (Å²) in [7, 11) is -4.07. The number of rotatable bonds is 2. The summed E-state index contributed by atoms with van der Waals surface area (Å²) in [6, 6.07) is 2.18. The Morgan fingerprint density at radius 3 is 2.80 bits per heavy atom. The molecule has 6 nitrogen and oxygen atoms in total. The minimum absolute atomic E-state index is 0.161. The van der Waals surface area contributed by atoms with E-state index in [-0.39, 0.29) is 18.8 Å². The van der Waals surface area contributed by atoms with Crippen molar-refractivity contribution in [2.24, 2.45) is 0 Å². The molecular weight excluding hydrogens is 285 g/mol. The number of nitrogen functional groups attached to an aromatic ring is 1. The summed E-state index contributed by atoms with van der Waals surface area (Å²) in [4.78, 5) is 11.0. The van der Waals surface area contributed by atoms with Crippen molar-refractivity contribution in [3.8, 4) is 0 Å². The summed E-state index contributed by atoms with van der Waals surface area (Å²) in [6.45, 7) is 1.85. The zero-order valence-corrected chi connectivity index (χ0v) is 11.8. The Labute approximate surface area is 116 Å². The molecule has 1 aliphatic heterocycles. The van der Waals surface area contributed by atoms with E-state index in [0.29, 0.717) is 18.5 Å². The van der Waals surface area contributed by atoms with Gasteiger partial charge in [-0.25, -0.2) is 12.8 Å². The summed E-state index contributed by atoms with van der Waals surface area (Å²) in [5.74, 6) is -1.26. The van der Waals surface area contributed by atoms with Gasteiger partial charge in [-0.2, -0.15) is 4.31 Å². The van der Waals surface area contributed by atoms with E-state index in [1.165, 1.54) is 0 Å². The van der Waals surface area contributed by atoms with Crippen molar-refractivity contribution in [2.75, 3.05) is 25.4 Å². The number of benzene rings is 1. The number of hydrogen-bond donors (Lipinski definition) is 2. The minimum atomic E-state index is -4.07. The van der Waals surface area contributed by atoms with Gasteiger partial charge in [-0.15, -0.1) is 0 Å². The van der Waals surface area contributed by atoms with Crippen LogP contribution in [-0.2, 0) is 14.8 Å². The van der Waals surface area contributed by atoms with Crippen molar-refractivity contribution in [3.63, 3.8) is 0 Å². The predicted octanol–water partition coefficient (Wildman–Crippen LogP) is 0.227. The minimum Gasteiger partial charge on any atom is -0.398 e. The van der Waals surface area contributed by atoms with Crippen LogP contribution in [0.2, 0.25) is 0 Å². The van der Waals surface area contributed by atoms with Crippen LogP contribution >= 0.6 is 0 Å². The van der Waals surface area contributed by atoms with Gasteiger partial charge in [0.05, 0.1) is 6.54 Å². The molecule has 20 heavy (non-hydrogen) atoms. The van der Waals surface area contributed by atoms with Gasteiger partial charge in [0, 0.05) is 18.8 Å². The third-order valence-electron chi connectivity index (χ3n) is 3.16. The molecular formula is C12H16FN3O3S. The van der Waals surface area contributed by atoms with Crippen LogP contribution in [0.25, 0.3) is 0 Å². The average molecular weight is 301 g/mol. The zero-order valence-electron chi connectivity index (χ0n) is 11.0. The number of nitrogens with one attached hydrogen (secondary N) is 1. The van der Waals surface area contributed by atoms with Gasteiger partial charge < -0.3 is 11.1 Å². The Balaban J connectivity index is 2.44. The fraction of sp³-hybridized carbons (Fsp3) is 0.417. The number of hydrogen-bond acceptors (Lipinski definition) is 4. The van der Waals surface area contributed by atoms with E-state index in [4.69, 9.17) is 5.73 Å². The number of anilines is 1. The van der Waals surface area contributed by atoms with E-state index in [1.807, 2.05) is 0 Å². The van der Waals surface area contributed by atoms with Gasteiger partial charge in [-0.3, -0.25) is 4.79 Å². The Hall–Kier alpha value is -1.67. The predicted molar refractivity (Wildman–Crippen MR) is 71.9 cm³/mol. The Morgan fingerprint density at radius 1 is 1.40 bits per heavy atom. The number of nitrogens with two attached hydrogens (primary N) is 1. The topological polar surface area (TPSA) is 92.5 Å². The van der Waals surface area contributed by atoms with Crippen molar-refractivity contribution in [1.29, 1.82) is 0 Å². The number of halogens is 1. The smallest absolute Gasteiger partial charge is 0.246 e. The maximum Gasteiger partial charge on any atom is 0.246 e.